The Hall–Kier alpha value is -3.96. The van der Waals surface area contributed by atoms with E-state index in [0.29, 0.717) is 23.6 Å². The molecule has 4 aromatic rings. The maximum absolute atomic E-state index is 12.9. The molecule has 4 rings (SSSR count). The smallest absolute Gasteiger partial charge is 0.267 e. The highest BCUT2D eigenvalue weighted by Gasteiger charge is 2.20. The molecule has 38 heavy (non-hydrogen) atoms. The molecule has 2 aromatic carbocycles. The van der Waals surface area contributed by atoms with Crippen molar-refractivity contribution in [2.24, 2.45) is 7.05 Å². The molecule has 0 bridgehead atoms. The van der Waals surface area contributed by atoms with Crippen LogP contribution in [-0.2, 0) is 17.1 Å². The largest absolute Gasteiger partial charge is 0.439 e. The molecule has 0 aliphatic carbocycles. The van der Waals surface area contributed by atoms with Gasteiger partial charge in [0.25, 0.3) is 15.9 Å². The molecular weight excluding hydrogens is 528 g/mol. The van der Waals surface area contributed by atoms with Crippen LogP contribution in [-0.4, -0.2) is 40.6 Å². The van der Waals surface area contributed by atoms with Crippen molar-refractivity contribution in [2.75, 3.05) is 11.3 Å². The van der Waals surface area contributed by atoms with Crippen LogP contribution in [0.5, 0.6) is 11.6 Å². The summed E-state index contributed by atoms with van der Waals surface area (Å²) in [5.41, 5.74) is 3.50. The van der Waals surface area contributed by atoms with E-state index < -0.39 is 10.0 Å². The number of halogens is 1. The zero-order valence-corrected chi connectivity index (χ0v) is 22.9. The molecule has 0 fully saturated rings. The van der Waals surface area contributed by atoms with E-state index in [1.807, 2.05) is 39.0 Å². The first-order chi connectivity index (χ1) is 18.1. The highest BCUT2D eigenvalue weighted by Crippen LogP contribution is 2.32. The number of nitrogens with one attached hydrogen (secondary N) is 2. The van der Waals surface area contributed by atoms with Crippen LogP contribution in [0.2, 0.25) is 5.02 Å². The summed E-state index contributed by atoms with van der Waals surface area (Å²) in [5, 5.41) is 6.91. The Morgan fingerprint density at radius 2 is 1.84 bits per heavy atom. The first-order valence-electron chi connectivity index (χ1n) is 11.8. The summed E-state index contributed by atoms with van der Waals surface area (Å²) >= 11 is 6.35. The van der Waals surface area contributed by atoms with Crippen molar-refractivity contribution >= 4 is 33.5 Å². The fourth-order valence-electron chi connectivity index (χ4n) is 3.78. The van der Waals surface area contributed by atoms with Crippen LogP contribution in [0.1, 0.15) is 34.8 Å². The van der Waals surface area contributed by atoms with E-state index in [4.69, 9.17) is 16.3 Å². The molecule has 0 unspecified atom stereocenters. The molecule has 0 radical (unpaired) electrons. The average Bonchev–Trinajstić information content (AvgIpc) is 3.29. The third-order valence-corrected chi connectivity index (χ3v) is 7.20. The van der Waals surface area contributed by atoms with Gasteiger partial charge in [-0.2, -0.15) is 10.1 Å². The molecule has 198 valence electrons. The summed E-state index contributed by atoms with van der Waals surface area (Å²) in [6.45, 7) is 6.37. The van der Waals surface area contributed by atoms with Gasteiger partial charge in [0, 0.05) is 37.5 Å². The summed E-state index contributed by atoms with van der Waals surface area (Å²) in [5.74, 6) is -0.0597. The second-order valence-electron chi connectivity index (χ2n) is 8.64. The SMILES string of the molecule is CCCNC(=O)c1ccc(Oc2cc(-c3c(C)cccc3C)nc(NS(=O)(=O)c3cnn(C)c3)n2)cc1Cl. The number of anilines is 1. The van der Waals surface area contributed by atoms with Crippen molar-refractivity contribution in [1.82, 2.24) is 25.1 Å². The molecule has 10 nitrogen and oxygen atoms in total. The summed E-state index contributed by atoms with van der Waals surface area (Å²) in [4.78, 5) is 21.1. The van der Waals surface area contributed by atoms with Gasteiger partial charge in [-0.15, -0.1) is 0 Å². The summed E-state index contributed by atoms with van der Waals surface area (Å²) < 4.78 is 35.7. The standard InChI is InChI=1S/C26H27ClN6O4S/c1-5-11-28-25(34)20-10-9-18(12-21(20)27)37-23-13-22(24-16(2)7-6-8-17(24)3)30-26(31-23)32-38(35,36)19-14-29-33(4)15-19/h6-10,12-15H,5,11H2,1-4H3,(H,28,34)(H,30,31,32). The third kappa shape index (κ3) is 6.12. The first-order valence-corrected chi connectivity index (χ1v) is 13.7. The molecule has 0 spiro atoms. The Labute approximate surface area is 226 Å². The minimum atomic E-state index is -4.01. The molecule has 0 saturated heterocycles. The van der Waals surface area contributed by atoms with Gasteiger partial charge < -0.3 is 10.1 Å². The highest BCUT2D eigenvalue weighted by atomic mass is 35.5. The predicted octanol–water partition coefficient (Wildman–Crippen LogP) is 4.88. The van der Waals surface area contributed by atoms with Crippen molar-refractivity contribution in [1.29, 1.82) is 0 Å². The number of aryl methyl sites for hydroxylation is 3. The number of benzene rings is 2. The van der Waals surface area contributed by atoms with Crippen LogP contribution in [0.3, 0.4) is 0 Å². The molecule has 2 heterocycles. The van der Waals surface area contributed by atoms with E-state index in [1.165, 1.54) is 23.1 Å². The lowest BCUT2D eigenvalue weighted by Crippen LogP contribution is -2.24. The summed E-state index contributed by atoms with van der Waals surface area (Å²) in [6, 6.07) is 12.1. The van der Waals surface area contributed by atoms with Crippen LogP contribution in [0.25, 0.3) is 11.3 Å². The Morgan fingerprint density at radius 3 is 2.47 bits per heavy atom. The molecular formula is C26H27ClN6O4S. The van der Waals surface area contributed by atoms with Gasteiger partial charge in [-0.1, -0.05) is 36.7 Å². The van der Waals surface area contributed by atoms with E-state index in [2.05, 4.69) is 25.1 Å². The number of rotatable bonds is 9. The van der Waals surface area contributed by atoms with Crippen molar-refractivity contribution in [3.8, 4) is 22.9 Å². The normalized spacial score (nSPS) is 11.3. The molecule has 1 amide bonds. The molecule has 0 aliphatic rings. The quantitative estimate of drug-likeness (QED) is 0.302. The van der Waals surface area contributed by atoms with Crippen LogP contribution >= 0.6 is 11.6 Å². The Morgan fingerprint density at radius 1 is 1.11 bits per heavy atom. The minimum absolute atomic E-state index is 0.0349. The number of hydrogen-bond acceptors (Lipinski definition) is 7. The number of amides is 1. The molecule has 0 aliphatic heterocycles. The van der Waals surface area contributed by atoms with Gasteiger partial charge in [-0.3, -0.25) is 9.48 Å². The number of nitrogens with zero attached hydrogens (tertiary/aromatic N) is 4. The molecule has 12 heteroatoms. The Balaban J connectivity index is 1.72. The number of carbonyl (C=O) groups excluding carboxylic acids is 1. The van der Waals surface area contributed by atoms with E-state index in [0.717, 1.165) is 23.1 Å². The van der Waals surface area contributed by atoms with Gasteiger partial charge in [-0.25, -0.2) is 18.1 Å². The molecule has 2 aromatic heterocycles. The van der Waals surface area contributed by atoms with Gasteiger partial charge in [0.2, 0.25) is 11.8 Å². The van der Waals surface area contributed by atoms with Crippen molar-refractivity contribution < 1.29 is 17.9 Å². The monoisotopic (exact) mass is 554 g/mol. The maximum atomic E-state index is 12.9. The van der Waals surface area contributed by atoms with Crippen LogP contribution in [0.15, 0.2) is 59.8 Å². The topological polar surface area (TPSA) is 128 Å². The van der Waals surface area contributed by atoms with Gasteiger partial charge in [0.05, 0.1) is 22.5 Å². The van der Waals surface area contributed by atoms with Gasteiger partial charge >= 0.3 is 0 Å². The van der Waals surface area contributed by atoms with Crippen LogP contribution < -0.4 is 14.8 Å². The van der Waals surface area contributed by atoms with E-state index in [9.17, 15) is 13.2 Å². The van der Waals surface area contributed by atoms with Gasteiger partial charge in [0.15, 0.2) is 0 Å². The van der Waals surface area contributed by atoms with Gasteiger partial charge in [0.1, 0.15) is 10.6 Å². The molecule has 0 saturated carbocycles. The minimum Gasteiger partial charge on any atom is -0.439 e. The number of ether oxygens (including phenoxy) is 1. The lowest BCUT2D eigenvalue weighted by Gasteiger charge is -2.14. The fourth-order valence-corrected chi connectivity index (χ4v) is 4.97. The lowest BCUT2D eigenvalue weighted by atomic mass is 10.00. The number of sulfonamides is 1. The van der Waals surface area contributed by atoms with Crippen LogP contribution in [0.4, 0.5) is 5.95 Å². The third-order valence-electron chi connectivity index (χ3n) is 5.60. The predicted molar refractivity (Wildman–Crippen MR) is 145 cm³/mol. The number of hydrogen-bond donors (Lipinski definition) is 2. The zero-order chi connectivity index (χ0) is 27.4. The second-order valence-corrected chi connectivity index (χ2v) is 10.7. The van der Waals surface area contributed by atoms with Crippen molar-refractivity contribution in [2.45, 2.75) is 32.1 Å². The lowest BCUT2D eigenvalue weighted by molar-refractivity contribution is 0.0954. The molecule has 2 N–H and O–H groups in total. The van der Waals surface area contributed by atoms with Crippen molar-refractivity contribution in [3.63, 3.8) is 0 Å². The van der Waals surface area contributed by atoms with E-state index in [-0.39, 0.29) is 27.7 Å². The van der Waals surface area contributed by atoms with Gasteiger partial charge in [-0.05, 0) is 43.5 Å². The second kappa shape index (κ2) is 11.2. The van der Waals surface area contributed by atoms with Crippen molar-refractivity contribution in [3.05, 3.63) is 76.6 Å². The zero-order valence-electron chi connectivity index (χ0n) is 21.3. The Kier molecular flexibility index (Phi) is 7.98. The summed E-state index contributed by atoms with van der Waals surface area (Å²) in [7, 11) is -2.39. The van der Waals surface area contributed by atoms with E-state index >= 15 is 0 Å². The fraction of sp³-hybridized carbons (Fsp3) is 0.231. The Bertz CT molecular complexity index is 1580. The number of aromatic nitrogens is 4. The summed E-state index contributed by atoms with van der Waals surface area (Å²) in [6.07, 6.45) is 3.40. The average molecular weight is 555 g/mol. The first kappa shape index (κ1) is 27.1. The maximum Gasteiger partial charge on any atom is 0.267 e. The highest BCUT2D eigenvalue weighted by molar-refractivity contribution is 7.92. The van der Waals surface area contributed by atoms with Crippen LogP contribution in [0, 0.1) is 13.8 Å². The van der Waals surface area contributed by atoms with E-state index in [1.54, 1.807) is 25.2 Å². The molecule has 0 atom stereocenters. The number of carbonyl (C=O) groups is 1.